The number of carbonyl (C=O) groups is 1. The molecular formula is C21H16F6N4O4. The van der Waals surface area contributed by atoms with Gasteiger partial charge in [-0.15, -0.1) is 13.2 Å². The fourth-order valence-corrected chi connectivity index (χ4v) is 2.90. The number of benzene rings is 2. The van der Waals surface area contributed by atoms with Gasteiger partial charge in [-0.3, -0.25) is 4.79 Å². The zero-order chi connectivity index (χ0) is 25.8. The van der Waals surface area contributed by atoms with Crippen LogP contribution in [0.15, 0.2) is 48.5 Å². The zero-order valence-corrected chi connectivity index (χ0v) is 17.7. The Morgan fingerprint density at radius 3 is 2.40 bits per heavy atom. The number of carboxylic acids is 1. The van der Waals surface area contributed by atoms with Gasteiger partial charge in [0.25, 0.3) is 0 Å². The van der Waals surface area contributed by atoms with E-state index in [0.29, 0.717) is 0 Å². The van der Waals surface area contributed by atoms with Gasteiger partial charge in [0.15, 0.2) is 0 Å². The number of halogens is 6. The van der Waals surface area contributed by atoms with Crippen molar-refractivity contribution in [1.29, 1.82) is 0 Å². The number of carboxylic acid groups (broad SMARTS) is 1. The lowest BCUT2D eigenvalue weighted by Crippen LogP contribution is -2.17. The molecular weight excluding hydrogens is 486 g/mol. The van der Waals surface area contributed by atoms with Crippen molar-refractivity contribution < 1.29 is 45.7 Å². The monoisotopic (exact) mass is 502 g/mol. The lowest BCUT2D eigenvalue weighted by Gasteiger charge is -2.15. The van der Waals surface area contributed by atoms with Gasteiger partial charge in [0.2, 0.25) is 5.95 Å². The minimum absolute atomic E-state index is 0.0348. The predicted octanol–water partition coefficient (Wildman–Crippen LogP) is 5.31. The number of ether oxygens (including phenoxy) is 2. The maximum Gasteiger partial charge on any atom is 0.573 e. The van der Waals surface area contributed by atoms with Crippen molar-refractivity contribution >= 4 is 23.4 Å². The summed E-state index contributed by atoms with van der Waals surface area (Å²) in [7, 11) is 1.09. The average molecular weight is 502 g/mol. The van der Waals surface area contributed by atoms with Gasteiger partial charge in [-0.1, -0.05) is 12.1 Å². The third-order valence-corrected chi connectivity index (χ3v) is 4.26. The molecule has 0 aliphatic heterocycles. The molecule has 0 aliphatic rings. The zero-order valence-electron chi connectivity index (χ0n) is 17.7. The first-order valence-corrected chi connectivity index (χ1v) is 9.57. The van der Waals surface area contributed by atoms with Crippen LogP contribution >= 0.6 is 0 Å². The molecule has 3 aromatic rings. The highest BCUT2D eigenvalue weighted by Gasteiger charge is 2.34. The first-order valence-electron chi connectivity index (χ1n) is 9.57. The van der Waals surface area contributed by atoms with E-state index < -0.39 is 42.1 Å². The molecule has 14 heteroatoms. The lowest BCUT2D eigenvalue weighted by atomic mass is 10.1. The summed E-state index contributed by atoms with van der Waals surface area (Å²) in [4.78, 5) is 19.0. The average Bonchev–Trinajstić information content (AvgIpc) is 2.76. The van der Waals surface area contributed by atoms with Crippen LogP contribution in [-0.4, -0.2) is 41.1 Å². The Morgan fingerprint density at radius 2 is 1.77 bits per heavy atom. The van der Waals surface area contributed by atoms with Crippen LogP contribution in [0, 0.1) is 0 Å². The molecule has 0 bridgehead atoms. The summed E-state index contributed by atoms with van der Waals surface area (Å²) >= 11 is 0. The molecule has 0 unspecified atom stereocenters. The predicted molar refractivity (Wildman–Crippen MR) is 112 cm³/mol. The normalized spacial score (nSPS) is 11.6. The van der Waals surface area contributed by atoms with E-state index in [9.17, 15) is 31.1 Å². The molecule has 0 radical (unpaired) electrons. The Bertz CT molecular complexity index is 1220. The molecule has 0 fully saturated rings. The van der Waals surface area contributed by atoms with Crippen LogP contribution in [-0.2, 0) is 11.0 Å². The van der Waals surface area contributed by atoms with Crippen molar-refractivity contribution in [3.05, 3.63) is 54.1 Å². The smallest absolute Gasteiger partial charge is 0.496 e. The van der Waals surface area contributed by atoms with Gasteiger partial charge in [-0.25, -0.2) is 4.98 Å². The minimum atomic E-state index is -4.93. The number of nitrogens with zero attached hydrogens (tertiary/aromatic N) is 2. The highest BCUT2D eigenvalue weighted by Crippen LogP contribution is 2.38. The SMILES string of the molecule is COc1ccc(Nc2cc(-c3cccc(OC(F)(F)F)c3)nc(NCC(=O)O)n2)cc1C(F)(F)F. The van der Waals surface area contributed by atoms with Crippen molar-refractivity contribution in [1.82, 2.24) is 9.97 Å². The second-order valence-corrected chi connectivity index (χ2v) is 6.82. The third-order valence-electron chi connectivity index (χ3n) is 4.26. The van der Waals surface area contributed by atoms with Crippen molar-refractivity contribution in [3.63, 3.8) is 0 Å². The van der Waals surface area contributed by atoms with Gasteiger partial charge in [-0.2, -0.15) is 18.2 Å². The van der Waals surface area contributed by atoms with E-state index in [1.807, 2.05) is 0 Å². The Morgan fingerprint density at radius 1 is 1.03 bits per heavy atom. The molecule has 0 saturated carbocycles. The van der Waals surface area contributed by atoms with E-state index in [4.69, 9.17) is 9.84 Å². The number of hydrogen-bond donors (Lipinski definition) is 3. The van der Waals surface area contributed by atoms with Crippen molar-refractivity contribution in [2.75, 3.05) is 24.3 Å². The molecule has 0 aliphatic carbocycles. The van der Waals surface area contributed by atoms with Gasteiger partial charge < -0.3 is 25.2 Å². The Hall–Kier alpha value is -4.23. The van der Waals surface area contributed by atoms with Crippen LogP contribution in [0.5, 0.6) is 11.5 Å². The van der Waals surface area contributed by atoms with Gasteiger partial charge >= 0.3 is 18.5 Å². The van der Waals surface area contributed by atoms with Gasteiger partial charge in [0, 0.05) is 17.3 Å². The molecule has 8 nitrogen and oxygen atoms in total. The largest absolute Gasteiger partial charge is 0.573 e. The molecule has 3 rings (SSSR count). The van der Waals surface area contributed by atoms with E-state index >= 15 is 0 Å². The third kappa shape index (κ3) is 7.12. The number of nitrogens with one attached hydrogen (secondary N) is 2. The number of anilines is 3. The molecule has 1 aromatic heterocycles. The summed E-state index contributed by atoms with van der Waals surface area (Å²) in [5.74, 6) is -2.49. The number of methoxy groups -OCH3 is 1. The summed E-state index contributed by atoms with van der Waals surface area (Å²) in [6, 6.07) is 9.21. The maximum absolute atomic E-state index is 13.3. The highest BCUT2D eigenvalue weighted by molar-refractivity contribution is 5.73. The summed E-state index contributed by atoms with van der Waals surface area (Å²) in [6.07, 6.45) is -9.65. The summed E-state index contributed by atoms with van der Waals surface area (Å²) < 4.78 is 86.4. The fourth-order valence-electron chi connectivity index (χ4n) is 2.90. The lowest BCUT2D eigenvalue weighted by molar-refractivity contribution is -0.274. The quantitative estimate of drug-likeness (QED) is 0.356. The number of aromatic nitrogens is 2. The number of rotatable bonds is 8. The molecule has 0 spiro atoms. The van der Waals surface area contributed by atoms with Crippen molar-refractivity contribution in [2.24, 2.45) is 0 Å². The maximum atomic E-state index is 13.3. The molecule has 0 amide bonds. The Balaban J connectivity index is 2.01. The standard InChI is InChI=1S/C21H16F6N4O4/c1-34-16-6-5-12(8-14(16)20(22,23)24)29-17-9-15(30-19(31-17)28-10-18(32)33)11-3-2-4-13(7-11)35-21(25,26)27/h2-9H,10H2,1H3,(H,32,33)(H2,28,29,30,31). The van der Waals surface area contributed by atoms with E-state index in [2.05, 4.69) is 25.3 Å². The van der Waals surface area contributed by atoms with Crippen LogP contribution in [0.3, 0.4) is 0 Å². The fraction of sp³-hybridized carbons (Fsp3) is 0.190. The molecule has 0 saturated heterocycles. The summed E-state index contributed by atoms with van der Waals surface area (Å²) in [5, 5.41) is 14.0. The van der Waals surface area contributed by atoms with Gasteiger partial charge in [0.05, 0.1) is 18.4 Å². The summed E-state index contributed by atoms with van der Waals surface area (Å²) in [6.45, 7) is -0.596. The number of aliphatic carboxylic acids is 1. The van der Waals surface area contributed by atoms with Crippen LogP contribution in [0.1, 0.15) is 5.56 Å². The Kier molecular flexibility index (Phi) is 7.22. The molecule has 2 aromatic carbocycles. The van der Waals surface area contributed by atoms with Crippen LogP contribution in [0.25, 0.3) is 11.3 Å². The number of alkyl halides is 6. The first kappa shape index (κ1) is 25.4. The van der Waals surface area contributed by atoms with E-state index in [-0.39, 0.29) is 28.7 Å². The van der Waals surface area contributed by atoms with E-state index in [1.165, 1.54) is 24.3 Å². The van der Waals surface area contributed by atoms with Crippen LogP contribution in [0.2, 0.25) is 0 Å². The molecule has 1 heterocycles. The molecule has 35 heavy (non-hydrogen) atoms. The molecule has 0 atom stereocenters. The van der Waals surface area contributed by atoms with Gasteiger partial charge in [-0.05, 0) is 30.3 Å². The van der Waals surface area contributed by atoms with Crippen molar-refractivity contribution in [2.45, 2.75) is 12.5 Å². The second kappa shape index (κ2) is 9.95. The van der Waals surface area contributed by atoms with E-state index in [1.54, 1.807) is 0 Å². The van der Waals surface area contributed by atoms with Crippen LogP contribution < -0.4 is 20.1 Å². The van der Waals surface area contributed by atoms with Crippen LogP contribution in [0.4, 0.5) is 43.8 Å². The second-order valence-electron chi connectivity index (χ2n) is 6.82. The Labute approximate surface area is 193 Å². The minimum Gasteiger partial charge on any atom is -0.496 e. The highest BCUT2D eigenvalue weighted by atomic mass is 19.4. The van der Waals surface area contributed by atoms with E-state index in [0.717, 1.165) is 31.4 Å². The van der Waals surface area contributed by atoms with Crippen molar-refractivity contribution in [3.8, 4) is 22.8 Å². The summed E-state index contributed by atoms with van der Waals surface area (Å²) in [5.41, 5.74) is -0.921. The topological polar surface area (TPSA) is 106 Å². The van der Waals surface area contributed by atoms with Gasteiger partial charge in [0.1, 0.15) is 23.9 Å². The number of hydrogen-bond acceptors (Lipinski definition) is 7. The first-order chi connectivity index (χ1) is 16.3. The molecule has 186 valence electrons. The molecule has 3 N–H and O–H groups in total.